The summed E-state index contributed by atoms with van der Waals surface area (Å²) in [5.41, 5.74) is 2.58. The summed E-state index contributed by atoms with van der Waals surface area (Å²) in [6.45, 7) is -0.0766. The summed E-state index contributed by atoms with van der Waals surface area (Å²) < 4.78 is 18.7. The van der Waals surface area contributed by atoms with Gasteiger partial charge in [0.2, 0.25) is 5.91 Å². The molecule has 0 spiro atoms. The highest BCUT2D eigenvalue weighted by atomic mass is 32.2. The van der Waals surface area contributed by atoms with Gasteiger partial charge in [-0.25, -0.2) is 4.39 Å². The molecule has 0 atom stereocenters. The van der Waals surface area contributed by atoms with E-state index in [0.717, 1.165) is 11.8 Å². The van der Waals surface area contributed by atoms with Crippen LogP contribution in [0.15, 0.2) is 77.7 Å². The Balaban J connectivity index is 1.40. The number of halogens is 1. The molecule has 0 unspecified atom stereocenters. The Morgan fingerprint density at radius 3 is 2.38 bits per heavy atom. The SMILES string of the molecule is COc1ccc(NC(=O)CN2C(=O)/C(=C3\SC(=S)N(Cc4ccc(F)cc4)C3=O)c3ccccc32)cc1. The summed E-state index contributed by atoms with van der Waals surface area (Å²) in [7, 11) is 1.55. The van der Waals surface area contributed by atoms with E-state index in [1.807, 2.05) is 0 Å². The highest BCUT2D eigenvalue weighted by Gasteiger charge is 2.42. The Morgan fingerprint density at radius 2 is 1.68 bits per heavy atom. The van der Waals surface area contributed by atoms with Crippen molar-refractivity contribution in [3.8, 4) is 5.75 Å². The van der Waals surface area contributed by atoms with Gasteiger partial charge in [0.15, 0.2) is 0 Å². The number of nitrogens with one attached hydrogen (secondary N) is 1. The van der Waals surface area contributed by atoms with E-state index < -0.39 is 17.7 Å². The molecule has 1 saturated heterocycles. The first-order valence-corrected chi connectivity index (χ1v) is 12.5. The van der Waals surface area contributed by atoms with E-state index in [0.29, 0.717) is 32.6 Å². The van der Waals surface area contributed by atoms with Gasteiger partial charge >= 0.3 is 0 Å². The number of carbonyl (C=O) groups excluding carboxylic acids is 3. The van der Waals surface area contributed by atoms with Crippen molar-refractivity contribution in [2.24, 2.45) is 0 Å². The van der Waals surface area contributed by atoms with Gasteiger partial charge in [0, 0.05) is 11.3 Å². The van der Waals surface area contributed by atoms with Crippen LogP contribution in [0, 0.1) is 5.82 Å². The second-order valence-electron chi connectivity index (χ2n) is 8.27. The number of para-hydroxylation sites is 1. The van der Waals surface area contributed by atoms with E-state index in [1.165, 1.54) is 21.9 Å². The van der Waals surface area contributed by atoms with Gasteiger partial charge in [0.05, 0.1) is 29.8 Å². The maximum absolute atomic E-state index is 13.6. The summed E-state index contributed by atoms with van der Waals surface area (Å²) in [6, 6.07) is 19.7. The lowest BCUT2D eigenvalue weighted by Crippen LogP contribution is -2.35. The summed E-state index contributed by atoms with van der Waals surface area (Å²) in [5.74, 6) is -0.961. The Labute approximate surface area is 221 Å². The average Bonchev–Trinajstić information content (AvgIpc) is 3.33. The van der Waals surface area contributed by atoms with E-state index in [4.69, 9.17) is 17.0 Å². The number of amides is 3. The minimum Gasteiger partial charge on any atom is -0.497 e. The molecular formula is C27H20FN3O4S2. The molecule has 2 heterocycles. The lowest BCUT2D eigenvalue weighted by Gasteiger charge is -2.17. The number of nitrogens with zero attached hydrogens (tertiary/aromatic N) is 2. The standard InChI is InChI=1S/C27H20FN3O4S2/c1-35-19-12-10-18(11-13-19)29-22(32)15-30-21-5-3-2-4-20(21)23(25(30)33)24-26(34)31(27(36)37-24)14-16-6-8-17(28)9-7-16/h2-13H,14-15H2,1H3,(H,29,32)/b24-23-. The molecule has 0 aliphatic carbocycles. The number of thiocarbonyl (C=S) groups is 1. The molecule has 5 rings (SSSR count). The van der Waals surface area contributed by atoms with Gasteiger partial charge in [0.25, 0.3) is 11.8 Å². The topological polar surface area (TPSA) is 79.0 Å². The van der Waals surface area contributed by atoms with Crippen molar-refractivity contribution < 1.29 is 23.5 Å². The zero-order valence-corrected chi connectivity index (χ0v) is 21.2. The van der Waals surface area contributed by atoms with Gasteiger partial charge in [-0.2, -0.15) is 0 Å². The van der Waals surface area contributed by atoms with E-state index in [2.05, 4.69) is 5.32 Å². The van der Waals surface area contributed by atoms with E-state index in [9.17, 15) is 18.8 Å². The number of fused-ring (bicyclic) bond motifs is 1. The normalized spacial score (nSPS) is 16.9. The van der Waals surface area contributed by atoms with Crippen LogP contribution in [0.3, 0.4) is 0 Å². The van der Waals surface area contributed by atoms with Gasteiger partial charge in [-0.05, 0) is 48.0 Å². The van der Waals surface area contributed by atoms with Crippen LogP contribution in [0.1, 0.15) is 11.1 Å². The summed E-state index contributed by atoms with van der Waals surface area (Å²) in [5, 5.41) is 2.78. The Morgan fingerprint density at radius 1 is 0.973 bits per heavy atom. The second kappa shape index (κ2) is 10.2. The minimum atomic E-state index is -0.451. The van der Waals surface area contributed by atoms with Crippen LogP contribution >= 0.6 is 24.0 Å². The number of ether oxygens (including phenoxy) is 1. The van der Waals surface area contributed by atoms with E-state index in [-0.39, 0.29) is 29.4 Å². The molecule has 0 saturated carbocycles. The molecule has 37 heavy (non-hydrogen) atoms. The van der Waals surface area contributed by atoms with Crippen LogP contribution in [0.5, 0.6) is 5.75 Å². The van der Waals surface area contributed by atoms with Gasteiger partial charge < -0.3 is 10.1 Å². The minimum absolute atomic E-state index is 0.158. The second-order valence-corrected chi connectivity index (χ2v) is 9.92. The first kappa shape index (κ1) is 24.7. The van der Waals surface area contributed by atoms with Crippen molar-refractivity contribution in [3.63, 3.8) is 0 Å². The van der Waals surface area contributed by atoms with Crippen LogP contribution in [0.2, 0.25) is 0 Å². The number of hydrogen-bond acceptors (Lipinski definition) is 6. The predicted molar refractivity (Wildman–Crippen MR) is 144 cm³/mol. The van der Waals surface area contributed by atoms with E-state index in [1.54, 1.807) is 67.8 Å². The first-order valence-electron chi connectivity index (χ1n) is 11.2. The van der Waals surface area contributed by atoms with Crippen molar-refractivity contribution in [2.45, 2.75) is 6.54 Å². The number of rotatable bonds is 6. The van der Waals surface area contributed by atoms with Crippen molar-refractivity contribution in [2.75, 3.05) is 23.9 Å². The van der Waals surface area contributed by atoms with Gasteiger partial charge in [-0.3, -0.25) is 24.2 Å². The maximum atomic E-state index is 13.6. The molecule has 0 aromatic heterocycles. The van der Waals surface area contributed by atoms with Crippen LogP contribution in [0.4, 0.5) is 15.8 Å². The summed E-state index contributed by atoms with van der Waals surface area (Å²) >= 11 is 6.49. The third-order valence-corrected chi connectivity index (χ3v) is 7.38. The Hall–Kier alpha value is -4.02. The fraction of sp³-hybridized carbons (Fsp3) is 0.111. The molecule has 3 aromatic rings. The van der Waals surface area contributed by atoms with Crippen LogP contribution < -0.4 is 15.0 Å². The average molecular weight is 534 g/mol. The molecule has 7 nitrogen and oxygen atoms in total. The van der Waals surface area contributed by atoms with Crippen molar-refractivity contribution >= 4 is 63.0 Å². The number of benzene rings is 3. The zero-order chi connectivity index (χ0) is 26.1. The van der Waals surface area contributed by atoms with E-state index >= 15 is 0 Å². The van der Waals surface area contributed by atoms with Crippen LogP contribution in [-0.4, -0.2) is 40.6 Å². The molecule has 1 fully saturated rings. The highest BCUT2D eigenvalue weighted by Crippen LogP contribution is 2.44. The molecule has 1 N–H and O–H groups in total. The molecule has 2 aliphatic rings. The number of thioether (sulfide) groups is 1. The Bertz CT molecular complexity index is 1460. The molecular weight excluding hydrogens is 513 g/mol. The third kappa shape index (κ3) is 4.85. The van der Waals surface area contributed by atoms with Gasteiger partial charge in [-0.1, -0.05) is 54.3 Å². The fourth-order valence-electron chi connectivity index (χ4n) is 4.13. The zero-order valence-electron chi connectivity index (χ0n) is 19.6. The van der Waals surface area contributed by atoms with Crippen molar-refractivity contribution in [1.82, 2.24) is 4.90 Å². The molecule has 0 radical (unpaired) electrons. The predicted octanol–water partition coefficient (Wildman–Crippen LogP) is 4.59. The van der Waals surface area contributed by atoms with Crippen molar-refractivity contribution in [1.29, 1.82) is 0 Å². The molecule has 3 aromatic carbocycles. The Kier molecular flexibility index (Phi) is 6.77. The summed E-state index contributed by atoms with van der Waals surface area (Å²) in [6.07, 6.45) is 0. The maximum Gasteiger partial charge on any atom is 0.267 e. The molecule has 186 valence electrons. The lowest BCUT2D eigenvalue weighted by molar-refractivity contribution is -0.122. The fourth-order valence-corrected chi connectivity index (χ4v) is 5.46. The van der Waals surface area contributed by atoms with Gasteiger partial charge in [-0.15, -0.1) is 0 Å². The van der Waals surface area contributed by atoms with Crippen LogP contribution in [-0.2, 0) is 20.9 Å². The van der Waals surface area contributed by atoms with Gasteiger partial charge in [0.1, 0.15) is 22.4 Å². The van der Waals surface area contributed by atoms with Crippen LogP contribution in [0.25, 0.3) is 5.57 Å². The summed E-state index contributed by atoms with van der Waals surface area (Å²) in [4.78, 5) is 42.7. The number of methoxy groups -OCH3 is 1. The highest BCUT2D eigenvalue weighted by molar-refractivity contribution is 8.26. The molecule has 0 bridgehead atoms. The molecule has 10 heteroatoms. The molecule has 3 amide bonds. The quantitative estimate of drug-likeness (QED) is 0.369. The number of anilines is 2. The lowest BCUT2D eigenvalue weighted by atomic mass is 10.1. The monoisotopic (exact) mass is 533 g/mol. The third-order valence-electron chi connectivity index (χ3n) is 5.93. The number of hydrogen-bond donors (Lipinski definition) is 1. The first-order chi connectivity index (χ1) is 17.9. The largest absolute Gasteiger partial charge is 0.497 e. The number of carbonyl (C=O) groups is 3. The molecule has 2 aliphatic heterocycles. The smallest absolute Gasteiger partial charge is 0.267 e. The van der Waals surface area contributed by atoms with Crippen molar-refractivity contribution in [3.05, 3.63) is 94.6 Å².